The molecule has 0 amide bonds. The van der Waals surface area contributed by atoms with Crippen LogP contribution in [0.1, 0.15) is 19.8 Å². The Morgan fingerprint density at radius 1 is 1.40 bits per heavy atom. The molecule has 1 fully saturated rings. The van der Waals surface area contributed by atoms with Crippen LogP contribution < -0.4 is 4.74 Å². The molecule has 4 nitrogen and oxygen atoms in total. The van der Waals surface area contributed by atoms with Crippen molar-refractivity contribution >= 4 is 9.84 Å². The van der Waals surface area contributed by atoms with Crippen molar-refractivity contribution in [3.05, 3.63) is 24.3 Å². The van der Waals surface area contributed by atoms with E-state index in [9.17, 15) is 8.42 Å². The third-order valence-corrected chi connectivity index (χ3v) is 5.06. The molecule has 0 saturated heterocycles. The lowest BCUT2D eigenvalue weighted by Gasteiger charge is -2.24. The molecule has 1 aromatic rings. The van der Waals surface area contributed by atoms with Crippen LogP contribution in [-0.4, -0.2) is 45.8 Å². The predicted molar refractivity (Wildman–Crippen MR) is 79.9 cm³/mol. The summed E-state index contributed by atoms with van der Waals surface area (Å²) in [6.07, 6.45) is 3.88. The maximum Gasteiger partial charge on any atom is 0.175 e. The fourth-order valence-corrected chi connectivity index (χ4v) is 2.90. The Morgan fingerprint density at radius 2 is 2.10 bits per heavy atom. The fraction of sp³-hybridized carbons (Fsp3) is 0.600. The maximum absolute atomic E-state index is 11.5. The summed E-state index contributed by atoms with van der Waals surface area (Å²) >= 11 is 0. The summed E-state index contributed by atoms with van der Waals surface area (Å²) in [6, 6.07) is 7.27. The summed E-state index contributed by atoms with van der Waals surface area (Å²) < 4.78 is 28.6. The molecule has 2 rings (SSSR count). The van der Waals surface area contributed by atoms with Crippen LogP contribution in [-0.2, 0) is 9.84 Å². The van der Waals surface area contributed by atoms with Gasteiger partial charge in [0.15, 0.2) is 9.84 Å². The number of nitrogens with zero attached hydrogens (tertiary/aromatic N) is 1. The van der Waals surface area contributed by atoms with Gasteiger partial charge in [-0.05, 0) is 50.9 Å². The van der Waals surface area contributed by atoms with Crippen molar-refractivity contribution in [3.63, 3.8) is 0 Å². The Balaban J connectivity index is 1.85. The monoisotopic (exact) mass is 297 g/mol. The minimum absolute atomic E-state index is 0.301. The molecule has 0 N–H and O–H groups in total. The average Bonchev–Trinajstić information content (AvgIpc) is 3.21. The highest BCUT2D eigenvalue weighted by Crippen LogP contribution is 2.34. The van der Waals surface area contributed by atoms with Gasteiger partial charge in [-0.15, -0.1) is 0 Å². The first-order valence-electron chi connectivity index (χ1n) is 7.01. The van der Waals surface area contributed by atoms with Crippen LogP contribution in [0.15, 0.2) is 29.2 Å². The number of hydrogen-bond donors (Lipinski definition) is 0. The first-order chi connectivity index (χ1) is 9.38. The molecule has 1 aliphatic carbocycles. The van der Waals surface area contributed by atoms with E-state index in [1.807, 2.05) is 0 Å². The number of rotatable bonds is 7. The number of hydrogen-bond acceptors (Lipinski definition) is 4. The molecule has 1 atom stereocenters. The van der Waals surface area contributed by atoms with E-state index in [4.69, 9.17) is 4.74 Å². The first kappa shape index (κ1) is 15.3. The highest BCUT2D eigenvalue weighted by atomic mass is 32.2. The Bertz CT molecular complexity index is 552. The van der Waals surface area contributed by atoms with E-state index in [1.165, 1.54) is 19.1 Å². The maximum atomic E-state index is 11.5. The summed E-state index contributed by atoms with van der Waals surface area (Å²) in [6.45, 7) is 3.67. The predicted octanol–water partition coefficient (Wildman–Crippen LogP) is 2.20. The van der Waals surface area contributed by atoms with E-state index in [0.717, 1.165) is 12.5 Å². The Kier molecular flexibility index (Phi) is 4.70. The zero-order valence-electron chi connectivity index (χ0n) is 12.4. The lowest BCUT2D eigenvalue weighted by atomic mass is 10.2. The number of benzene rings is 1. The normalized spacial score (nSPS) is 17.2. The molecule has 0 heterocycles. The second-order valence-electron chi connectivity index (χ2n) is 5.65. The third kappa shape index (κ3) is 4.21. The molecule has 5 heteroatoms. The van der Waals surface area contributed by atoms with Crippen LogP contribution in [0.5, 0.6) is 5.75 Å². The van der Waals surface area contributed by atoms with Crippen molar-refractivity contribution in [1.29, 1.82) is 0 Å². The molecular weight excluding hydrogens is 274 g/mol. The quantitative estimate of drug-likeness (QED) is 0.774. The van der Waals surface area contributed by atoms with E-state index in [-0.39, 0.29) is 0 Å². The van der Waals surface area contributed by atoms with E-state index in [0.29, 0.717) is 23.3 Å². The lowest BCUT2D eigenvalue weighted by Crippen LogP contribution is -2.34. The van der Waals surface area contributed by atoms with Crippen LogP contribution in [0.2, 0.25) is 0 Å². The van der Waals surface area contributed by atoms with Gasteiger partial charge in [-0.25, -0.2) is 8.42 Å². The van der Waals surface area contributed by atoms with Gasteiger partial charge in [0.05, 0.1) is 4.90 Å². The van der Waals surface area contributed by atoms with Crippen molar-refractivity contribution in [1.82, 2.24) is 4.90 Å². The lowest BCUT2D eigenvalue weighted by molar-refractivity contribution is 0.186. The van der Waals surface area contributed by atoms with Gasteiger partial charge in [0.2, 0.25) is 0 Å². The zero-order chi connectivity index (χ0) is 14.8. The van der Waals surface area contributed by atoms with Gasteiger partial charge in [-0.1, -0.05) is 6.07 Å². The van der Waals surface area contributed by atoms with Crippen LogP contribution in [0.3, 0.4) is 0 Å². The average molecular weight is 297 g/mol. The summed E-state index contributed by atoms with van der Waals surface area (Å²) in [4.78, 5) is 2.60. The Morgan fingerprint density at radius 3 is 2.70 bits per heavy atom. The largest absolute Gasteiger partial charge is 0.492 e. The number of ether oxygens (including phenoxy) is 1. The van der Waals surface area contributed by atoms with Gasteiger partial charge in [-0.2, -0.15) is 0 Å². The molecule has 0 spiro atoms. The first-order valence-corrected chi connectivity index (χ1v) is 8.90. The molecule has 0 aromatic heterocycles. The van der Waals surface area contributed by atoms with E-state index >= 15 is 0 Å². The molecule has 1 saturated carbocycles. The van der Waals surface area contributed by atoms with E-state index in [1.54, 1.807) is 24.3 Å². The van der Waals surface area contributed by atoms with Crippen LogP contribution in [0.25, 0.3) is 0 Å². The van der Waals surface area contributed by atoms with Crippen LogP contribution in [0, 0.1) is 5.92 Å². The summed E-state index contributed by atoms with van der Waals surface area (Å²) in [5.41, 5.74) is 0. The minimum Gasteiger partial charge on any atom is -0.492 e. The molecule has 112 valence electrons. The summed E-state index contributed by atoms with van der Waals surface area (Å²) in [7, 11) is -1.06. The molecule has 20 heavy (non-hydrogen) atoms. The van der Waals surface area contributed by atoms with E-state index in [2.05, 4.69) is 18.9 Å². The van der Waals surface area contributed by atoms with Crippen molar-refractivity contribution in [2.75, 3.05) is 26.5 Å². The Hall–Kier alpha value is -1.07. The molecule has 1 aliphatic rings. The van der Waals surface area contributed by atoms with Crippen molar-refractivity contribution < 1.29 is 13.2 Å². The third-order valence-electron chi connectivity index (χ3n) is 3.95. The van der Waals surface area contributed by atoms with Crippen molar-refractivity contribution in [2.24, 2.45) is 5.92 Å². The fourth-order valence-electron chi connectivity index (χ4n) is 2.24. The molecule has 0 unspecified atom stereocenters. The van der Waals surface area contributed by atoms with Gasteiger partial charge in [-0.3, -0.25) is 0 Å². The van der Waals surface area contributed by atoms with Gasteiger partial charge in [0.25, 0.3) is 0 Å². The summed E-state index contributed by atoms with van der Waals surface area (Å²) in [5, 5.41) is 0. The topological polar surface area (TPSA) is 46.6 Å². The second-order valence-corrected chi connectivity index (χ2v) is 7.67. The molecule has 1 aromatic carbocycles. The zero-order valence-corrected chi connectivity index (χ0v) is 13.2. The molecular formula is C15H23NO3S. The minimum atomic E-state index is -3.17. The second kappa shape index (κ2) is 6.14. The Labute approximate surface area is 121 Å². The number of likely N-dealkylation sites (N-methyl/N-ethyl adjacent to an activating group) is 1. The SMILES string of the molecule is C[C@H](C1CC1)N(C)CCOc1cccc(S(C)(=O)=O)c1. The molecule has 0 bridgehead atoms. The summed E-state index contributed by atoms with van der Waals surface area (Å²) in [5.74, 6) is 1.45. The molecule has 0 radical (unpaired) electrons. The van der Waals surface area contributed by atoms with Gasteiger partial charge >= 0.3 is 0 Å². The van der Waals surface area contributed by atoms with Crippen LogP contribution in [0.4, 0.5) is 0 Å². The number of sulfone groups is 1. The standard InChI is InChI=1S/C15H23NO3S/c1-12(13-7-8-13)16(2)9-10-19-14-5-4-6-15(11-14)20(3,17)18/h4-6,11-13H,7-10H2,1-3H3/t12-/m1/s1. The van der Waals surface area contributed by atoms with E-state index < -0.39 is 9.84 Å². The van der Waals surface area contributed by atoms with Crippen molar-refractivity contribution in [3.8, 4) is 5.75 Å². The van der Waals surface area contributed by atoms with Gasteiger partial charge < -0.3 is 9.64 Å². The smallest absolute Gasteiger partial charge is 0.175 e. The van der Waals surface area contributed by atoms with Gasteiger partial charge in [0, 0.05) is 18.8 Å². The molecule has 0 aliphatic heterocycles. The van der Waals surface area contributed by atoms with Gasteiger partial charge in [0.1, 0.15) is 12.4 Å². The highest BCUT2D eigenvalue weighted by Gasteiger charge is 2.30. The van der Waals surface area contributed by atoms with Crippen LogP contribution >= 0.6 is 0 Å². The highest BCUT2D eigenvalue weighted by molar-refractivity contribution is 7.90. The van der Waals surface area contributed by atoms with Crippen molar-refractivity contribution in [2.45, 2.75) is 30.7 Å².